The molecule has 8 heteroatoms. The Labute approximate surface area is 127 Å². The number of piperidine rings is 1. The maximum absolute atomic E-state index is 4.66. The lowest BCUT2D eigenvalue weighted by molar-refractivity contribution is 0.340. The van der Waals surface area contributed by atoms with Gasteiger partial charge in [-0.15, -0.1) is 10.2 Å². The number of hydrogen-bond acceptors (Lipinski definition) is 7. The first kappa shape index (κ1) is 13.1. The van der Waals surface area contributed by atoms with Crippen LogP contribution in [-0.4, -0.2) is 50.4 Å². The molecule has 0 aromatic carbocycles. The van der Waals surface area contributed by atoms with E-state index in [1.807, 2.05) is 0 Å². The van der Waals surface area contributed by atoms with Crippen molar-refractivity contribution in [3.8, 4) is 10.7 Å². The van der Waals surface area contributed by atoms with Crippen molar-refractivity contribution in [3.63, 3.8) is 0 Å². The summed E-state index contributed by atoms with van der Waals surface area (Å²) in [5, 5.41) is 15.2. The number of anilines is 1. The van der Waals surface area contributed by atoms with Gasteiger partial charge in [0.25, 0.3) is 0 Å². The third kappa shape index (κ3) is 2.32. The third-order valence-corrected chi connectivity index (χ3v) is 5.24. The van der Waals surface area contributed by atoms with Gasteiger partial charge < -0.3 is 10.2 Å². The highest BCUT2D eigenvalue weighted by atomic mass is 32.1. The van der Waals surface area contributed by atoms with E-state index in [4.69, 9.17) is 0 Å². The average Bonchev–Trinajstić information content (AvgIpc) is 3.23. The smallest absolute Gasteiger partial charge is 0.245 e. The van der Waals surface area contributed by atoms with Crippen LogP contribution in [0.25, 0.3) is 10.7 Å². The molecule has 2 fully saturated rings. The van der Waals surface area contributed by atoms with Crippen molar-refractivity contribution < 1.29 is 0 Å². The predicted molar refractivity (Wildman–Crippen MR) is 81.4 cm³/mol. The molecule has 0 spiro atoms. The zero-order valence-corrected chi connectivity index (χ0v) is 12.9. The van der Waals surface area contributed by atoms with Crippen LogP contribution in [0.1, 0.15) is 25.5 Å². The number of aromatic amines is 1. The van der Waals surface area contributed by atoms with Gasteiger partial charge in [0, 0.05) is 19.1 Å². The van der Waals surface area contributed by atoms with Crippen molar-refractivity contribution in [2.75, 3.05) is 24.5 Å². The fourth-order valence-electron chi connectivity index (χ4n) is 3.33. The van der Waals surface area contributed by atoms with Crippen LogP contribution in [0.3, 0.4) is 0 Å². The van der Waals surface area contributed by atoms with Crippen molar-refractivity contribution in [3.05, 3.63) is 5.69 Å². The molecular formula is C13H19N7S. The van der Waals surface area contributed by atoms with Crippen LogP contribution in [0.15, 0.2) is 0 Å². The highest BCUT2D eigenvalue weighted by Gasteiger charge is 2.35. The quantitative estimate of drug-likeness (QED) is 0.883. The Balaban J connectivity index is 1.55. The van der Waals surface area contributed by atoms with Crippen molar-refractivity contribution in [1.29, 1.82) is 0 Å². The van der Waals surface area contributed by atoms with Crippen molar-refractivity contribution in [2.24, 2.45) is 5.92 Å². The van der Waals surface area contributed by atoms with Gasteiger partial charge in [-0.05, 0) is 43.3 Å². The Morgan fingerprint density at radius 3 is 3.19 bits per heavy atom. The molecule has 2 aliphatic heterocycles. The lowest BCUT2D eigenvalue weighted by Gasteiger charge is -2.24. The van der Waals surface area contributed by atoms with Gasteiger partial charge in [0.05, 0.1) is 5.69 Å². The van der Waals surface area contributed by atoms with Gasteiger partial charge in [-0.1, -0.05) is 11.4 Å². The van der Waals surface area contributed by atoms with Gasteiger partial charge in [0.2, 0.25) is 5.95 Å². The molecule has 112 valence electrons. The molecule has 2 atom stereocenters. The molecule has 2 aliphatic rings. The monoisotopic (exact) mass is 305 g/mol. The summed E-state index contributed by atoms with van der Waals surface area (Å²) in [5.74, 6) is 2.33. The van der Waals surface area contributed by atoms with Crippen LogP contribution in [0.2, 0.25) is 0 Å². The van der Waals surface area contributed by atoms with E-state index in [1.165, 1.54) is 24.4 Å². The van der Waals surface area contributed by atoms with E-state index < -0.39 is 0 Å². The largest absolute Gasteiger partial charge is 0.338 e. The SMILES string of the molecule is CCc1nnsc1-c1nc(N2CC3CCCNC3C2)n[nH]1. The molecule has 2 unspecified atom stereocenters. The summed E-state index contributed by atoms with van der Waals surface area (Å²) < 4.78 is 4.02. The molecule has 2 saturated heterocycles. The number of hydrogen-bond donors (Lipinski definition) is 2. The fourth-order valence-corrected chi connectivity index (χ4v) is 4.02. The van der Waals surface area contributed by atoms with Crippen LogP contribution in [0, 0.1) is 5.92 Å². The first-order chi connectivity index (χ1) is 10.3. The summed E-state index contributed by atoms with van der Waals surface area (Å²) in [6.07, 6.45) is 3.45. The lowest BCUT2D eigenvalue weighted by Crippen LogP contribution is -2.40. The van der Waals surface area contributed by atoms with E-state index in [1.54, 1.807) is 0 Å². The van der Waals surface area contributed by atoms with E-state index in [-0.39, 0.29) is 0 Å². The number of nitrogens with one attached hydrogen (secondary N) is 2. The molecule has 2 N–H and O–H groups in total. The number of fused-ring (bicyclic) bond motifs is 1. The van der Waals surface area contributed by atoms with Crippen molar-refractivity contribution >= 4 is 17.5 Å². The zero-order chi connectivity index (χ0) is 14.2. The minimum absolute atomic E-state index is 0.594. The standard InChI is InChI=1S/C13H19N7S/c1-2-9-11(21-19-16-9)12-15-13(18-17-12)20-6-8-4-3-5-14-10(8)7-20/h8,10,14H,2-7H2,1H3,(H,15,17,18). The second-order valence-corrected chi connectivity index (χ2v) is 6.51. The summed E-state index contributed by atoms with van der Waals surface area (Å²) in [6.45, 7) is 5.27. The molecule has 0 aliphatic carbocycles. The summed E-state index contributed by atoms with van der Waals surface area (Å²) in [4.78, 5) is 7.95. The maximum Gasteiger partial charge on any atom is 0.245 e. The minimum Gasteiger partial charge on any atom is -0.338 e. The molecule has 0 radical (unpaired) electrons. The Kier molecular flexibility index (Phi) is 3.34. The summed E-state index contributed by atoms with van der Waals surface area (Å²) in [5.41, 5.74) is 0.986. The maximum atomic E-state index is 4.66. The van der Waals surface area contributed by atoms with Crippen LogP contribution >= 0.6 is 11.5 Å². The van der Waals surface area contributed by atoms with Crippen LogP contribution < -0.4 is 10.2 Å². The van der Waals surface area contributed by atoms with E-state index in [0.717, 1.165) is 54.3 Å². The number of H-pyrrole nitrogens is 1. The van der Waals surface area contributed by atoms with E-state index in [0.29, 0.717) is 6.04 Å². The minimum atomic E-state index is 0.594. The Hall–Kier alpha value is -1.54. The summed E-state index contributed by atoms with van der Waals surface area (Å²) in [6, 6.07) is 0.594. The number of aromatic nitrogens is 5. The van der Waals surface area contributed by atoms with E-state index in [2.05, 4.69) is 41.9 Å². The molecule has 0 saturated carbocycles. The lowest BCUT2D eigenvalue weighted by atomic mass is 9.94. The van der Waals surface area contributed by atoms with Gasteiger partial charge in [-0.25, -0.2) is 0 Å². The van der Waals surface area contributed by atoms with E-state index in [9.17, 15) is 0 Å². The van der Waals surface area contributed by atoms with Crippen LogP contribution in [0.4, 0.5) is 5.95 Å². The Morgan fingerprint density at radius 2 is 2.33 bits per heavy atom. The Morgan fingerprint density at radius 1 is 1.38 bits per heavy atom. The van der Waals surface area contributed by atoms with Crippen molar-refractivity contribution in [2.45, 2.75) is 32.2 Å². The van der Waals surface area contributed by atoms with Gasteiger partial charge in [0.15, 0.2) is 5.82 Å². The molecule has 2 aromatic rings. The van der Waals surface area contributed by atoms with Gasteiger partial charge >= 0.3 is 0 Å². The molecule has 7 nitrogen and oxygen atoms in total. The van der Waals surface area contributed by atoms with Crippen molar-refractivity contribution in [1.82, 2.24) is 30.1 Å². The highest BCUT2D eigenvalue weighted by Crippen LogP contribution is 2.29. The summed E-state index contributed by atoms with van der Waals surface area (Å²) in [7, 11) is 0. The fraction of sp³-hybridized carbons (Fsp3) is 0.692. The van der Waals surface area contributed by atoms with Gasteiger partial charge in [0.1, 0.15) is 4.88 Å². The zero-order valence-electron chi connectivity index (χ0n) is 12.0. The first-order valence-corrected chi connectivity index (χ1v) is 8.35. The Bertz CT molecular complexity index is 608. The molecule has 4 rings (SSSR count). The van der Waals surface area contributed by atoms with Crippen LogP contribution in [-0.2, 0) is 6.42 Å². The number of nitrogens with zero attached hydrogens (tertiary/aromatic N) is 5. The second-order valence-electron chi connectivity index (χ2n) is 5.75. The number of rotatable bonds is 3. The predicted octanol–water partition coefficient (Wildman–Crippen LogP) is 1.07. The van der Waals surface area contributed by atoms with Crippen LogP contribution in [0.5, 0.6) is 0 Å². The molecule has 2 aromatic heterocycles. The normalized spacial score (nSPS) is 25.3. The molecule has 0 amide bonds. The van der Waals surface area contributed by atoms with Gasteiger partial charge in [-0.3, -0.25) is 5.10 Å². The molecular weight excluding hydrogens is 286 g/mol. The molecule has 4 heterocycles. The highest BCUT2D eigenvalue weighted by molar-refractivity contribution is 7.09. The number of aryl methyl sites for hydroxylation is 1. The topological polar surface area (TPSA) is 82.6 Å². The second kappa shape index (κ2) is 5.34. The average molecular weight is 305 g/mol. The molecule has 0 bridgehead atoms. The van der Waals surface area contributed by atoms with E-state index >= 15 is 0 Å². The molecule has 21 heavy (non-hydrogen) atoms. The third-order valence-electron chi connectivity index (χ3n) is 4.46. The summed E-state index contributed by atoms with van der Waals surface area (Å²) >= 11 is 1.38. The van der Waals surface area contributed by atoms with Gasteiger partial charge in [-0.2, -0.15) is 4.98 Å². The first-order valence-electron chi connectivity index (χ1n) is 7.57.